The minimum absolute atomic E-state index is 0.138. The van der Waals surface area contributed by atoms with E-state index in [0.717, 1.165) is 5.56 Å². The van der Waals surface area contributed by atoms with Crippen LogP contribution in [0.2, 0.25) is 0 Å². The SMILES string of the molecule is CCN(CC)S(=O)(=O)c1ccc(C(=O)Oc2ccc(CC#N)cc2)cc1. The van der Waals surface area contributed by atoms with Crippen LogP contribution in [0.4, 0.5) is 0 Å². The molecule has 0 aromatic heterocycles. The summed E-state index contributed by atoms with van der Waals surface area (Å²) < 4.78 is 31.5. The van der Waals surface area contributed by atoms with Crippen molar-refractivity contribution in [3.05, 3.63) is 59.7 Å². The van der Waals surface area contributed by atoms with Crippen molar-refractivity contribution < 1.29 is 17.9 Å². The lowest BCUT2D eigenvalue weighted by Crippen LogP contribution is -2.30. The van der Waals surface area contributed by atoms with Gasteiger partial charge in [-0.25, -0.2) is 13.2 Å². The lowest BCUT2D eigenvalue weighted by atomic mass is 10.1. The maximum Gasteiger partial charge on any atom is 0.343 e. The molecule has 136 valence electrons. The zero-order valence-corrected chi connectivity index (χ0v) is 15.5. The van der Waals surface area contributed by atoms with E-state index in [4.69, 9.17) is 10.00 Å². The van der Waals surface area contributed by atoms with Crippen molar-refractivity contribution in [2.45, 2.75) is 25.2 Å². The minimum atomic E-state index is -3.56. The van der Waals surface area contributed by atoms with Crippen molar-refractivity contribution in [2.75, 3.05) is 13.1 Å². The third-order valence-electron chi connectivity index (χ3n) is 3.85. The van der Waals surface area contributed by atoms with E-state index in [9.17, 15) is 13.2 Å². The second-order valence-corrected chi connectivity index (χ2v) is 7.42. The first-order valence-electron chi connectivity index (χ1n) is 8.20. The molecule has 0 aliphatic rings. The van der Waals surface area contributed by atoms with Gasteiger partial charge in [-0.1, -0.05) is 26.0 Å². The van der Waals surface area contributed by atoms with Crippen LogP contribution < -0.4 is 4.74 Å². The van der Waals surface area contributed by atoms with E-state index >= 15 is 0 Å². The predicted molar refractivity (Wildman–Crippen MR) is 97.3 cm³/mol. The van der Waals surface area contributed by atoms with Crippen molar-refractivity contribution in [1.82, 2.24) is 4.31 Å². The molecule has 0 amide bonds. The number of nitriles is 1. The van der Waals surface area contributed by atoms with Crippen molar-refractivity contribution >= 4 is 16.0 Å². The van der Waals surface area contributed by atoms with E-state index in [2.05, 4.69) is 0 Å². The average Bonchev–Trinajstić information content (AvgIpc) is 2.64. The first kappa shape index (κ1) is 19.6. The highest BCUT2D eigenvalue weighted by molar-refractivity contribution is 7.89. The molecule has 7 heteroatoms. The Balaban J connectivity index is 2.12. The van der Waals surface area contributed by atoms with Gasteiger partial charge in [0.2, 0.25) is 10.0 Å². The monoisotopic (exact) mass is 372 g/mol. The van der Waals surface area contributed by atoms with Crippen LogP contribution in [0.1, 0.15) is 29.8 Å². The Morgan fingerprint density at radius 1 is 1.04 bits per heavy atom. The summed E-state index contributed by atoms with van der Waals surface area (Å²) >= 11 is 0. The maximum absolute atomic E-state index is 12.4. The normalized spacial score (nSPS) is 11.2. The largest absolute Gasteiger partial charge is 0.423 e. The van der Waals surface area contributed by atoms with Gasteiger partial charge < -0.3 is 4.74 Å². The number of hydrogen-bond acceptors (Lipinski definition) is 5. The number of esters is 1. The summed E-state index contributed by atoms with van der Waals surface area (Å²) in [6, 6.07) is 14.4. The van der Waals surface area contributed by atoms with Crippen LogP contribution in [-0.4, -0.2) is 31.8 Å². The zero-order chi connectivity index (χ0) is 19.2. The first-order chi connectivity index (χ1) is 12.4. The molecular weight excluding hydrogens is 352 g/mol. The summed E-state index contributed by atoms with van der Waals surface area (Å²) in [5, 5.41) is 8.65. The molecule has 0 saturated heterocycles. The van der Waals surface area contributed by atoms with Crippen LogP contribution in [0.3, 0.4) is 0 Å². The number of sulfonamides is 1. The van der Waals surface area contributed by atoms with Gasteiger partial charge in [0.25, 0.3) is 0 Å². The van der Waals surface area contributed by atoms with Crippen LogP contribution >= 0.6 is 0 Å². The molecule has 0 saturated carbocycles. The maximum atomic E-state index is 12.4. The fourth-order valence-corrected chi connectivity index (χ4v) is 3.87. The smallest absolute Gasteiger partial charge is 0.343 e. The highest BCUT2D eigenvalue weighted by atomic mass is 32.2. The Kier molecular flexibility index (Phi) is 6.50. The Bertz CT molecular complexity index is 894. The average molecular weight is 372 g/mol. The summed E-state index contributed by atoms with van der Waals surface area (Å²) in [5.41, 5.74) is 1.09. The van der Waals surface area contributed by atoms with Gasteiger partial charge in [0, 0.05) is 13.1 Å². The van der Waals surface area contributed by atoms with Crippen LogP contribution in [-0.2, 0) is 16.4 Å². The molecule has 0 N–H and O–H groups in total. The molecule has 0 bridgehead atoms. The molecule has 0 radical (unpaired) electrons. The first-order valence-corrected chi connectivity index (χ1v) is 9.64. The number of carbonyl (C=O) groups excluding carboxylic acids is 1. The van der Waals surface area contributed by atoms with E-state index in [-0.39, 0.29) is 16.9 Å². The highest BCUT2D eigenvalue weighted by Crippen LogP contribution is 2.18. The summed E-state index contributed by atoms with van der Waals surface area (Å²) in [5.74, 6) is -0.221. The van der Waals surface area contributed by atoms with Gasteiger partial charge >= 0.3 is 5.97 Å². The number of carbonyl (C=O) groups is 1. The molecule has 26 heavy (non-hydrogen) atoms. The summed E-state index contributed by atoms with van der Waals surface area (Å²) in [6.45, 7) is 4.30. The molecule has 0 atom stereocenters. The second-order valence-electron chi connectivity index (χ2n) is 5.48. The third-order valence-corrected chi connectivity index (χ3v) is 5.91. The van der Waals surface area contributed by atoms with E-state index in [1.165, 1.54) is 28.6 Å². The number of rotatable bonds is 7. The van der Waals surface area contributed by atoms with Crippen LogP contribution in [0, 0.1) is 11.3 Å². The van der Waals surface area contributed by atoms with Crippen LogP contribution in [0.25, 0.3) is 0 Å². The van der Waals surface area contributed by atoms with Crippen molar-refractivity contribution in [3.63, 3.8) is 0 Å². The minimum Gasteiger partial charge on any atom is -0.423 e. The van der Waals surface area contributed by atoms with Gasteiger partial charge in [0.1, 0.15) is 5.75 Å². The molecule has 6 nitrogen and oxygen atoms in total. The lowest BCUT2D eigenvalue weighted by Gasteiger charge is -2.18. The highest BCUT2D eigenvalue weighted by Gasteiger charge is 2.21. The number of ether oxygens (including phenoxy) is 1. The quantitative estimate of drug-likeness (QED) is 0.551. The third kappa shape index (κ3) is 4.48. The summed E-state index contributed by atoms with van der Waals surface area (Å²) in [6.07, 6.45) is 0.288. The molecule has 2 aromatic rings. The van der Waals surface area contributed by atoms with Gasteiger partial charge in [0.05, 0.1) is 22.9 Å². The molecular formula is C19H20N2O4S. The van der Waals surface area contributed by atoms with Crippen molar-refractivity contribution in [2.24, 2.45) is 0 Å². The molecule has 0 spiro atoms. The van der Waals surface area contributed by atoms with Gasteiger partial charge in [-0.05, 0) is 42.0 Å². The Morgan fingerprint density at radius 3 is 2.12 bits per heavy atom. The van der Waals surface area contributed by atoms with E-state index in [0.29, 0.717) is 18.8 Å². The Morgan fingerprint density at radius 2 is 1.62 bits per heavy atom. The fraction of sp³-hybridized carbons (Fsp3) is 0.263. The van der Waals surface area contributed by atoms with Gasteiger partial charge in [0.15, 0.2) is 0 Å². The molecule has 0 aliphatic carbocycles. The standard InChI is InChI=1S/C19H20N2O4S/c1-3-21(4-2)26(23,24)18-11-7-16(8-12-18)19(22)25-17-9-5-15(6-10-17)13-14-20/h5-12H,3-4,13H2,1-2H3. The van der Waals surface area contributed by atoms with Gasteiger partial charge in [-0.2, -0.15) is 9.57 Å². The van der Waals surface area contributed by atoms with E-state index in [1.807, 2.05) is 6.07 Å². The van der Waals surface area contributed by atoms with E-state index in [1.54, 1.807) is 38.1 Å². The Hall–Kier alpha value is -2.69. The molecule has 2 rings (SSSR count). The molecule has 0 aliphatic heterocycles. The zero-order valence-electron chi connectivity index (χ0n) is 14.7. The van der Waals surface area contributed by atoms with Crippen LogP contribution in [0.15, 0.2) is 53.4 Å². The van der Waals surface area contributed by atoms with Gasteiger partial charge in [-0.3, -0.25) is 0 Å². The van der Waals surface area contributed by atoms with Crippen molar-refractivity contribution in [3.8, 4) is 11.8 Å². The number of nitrogens with zero attached hydrogens (tertiary/aromatic N) is 2. The lowest BCUT2D eigenvalue weighted by molar-refractivity contribution is 0.0734. The van der Waals surface area contributed by atoms with Crippen molar-refractivity contribution in [1.29, 1.82) is 5.26 Å². The topological polar surface area (TPSA) is 87.5 Å². The van der Waals surface area contributed by atoms with Gasteiger partial charge in [-0.15, -0.1) is 0 Å². The molecule has 0 unspecified atom stereocenters. The summed E-state index contributed by atoms with van der Waals surface area (Å²) in [4.78, 5) is 12.3. The molecule has 2 aromatic carbocycles. The number of hydrogen-bond donors (Lipinski definition) is 0. The summed E-state index contributed by atoms with van der Waals surface area (Å²) in [7, 11) is -3.56. The van der Waals surface area contributed by atoms with E-state index < -0.39 is 16.0 Å². The Labute approximate surface area is 153 Å². The molecule has 0 fully saturated rings. The predicted octanol–water partition coefficient (Wildman–Crippen LogP) is 3.00. The number of benzene rings is 2. The second kappa shape index (κ2) is 8.61. The van der Waals surface area contributed by atoms with Crippen LogP contribution in [0.5, 0.6) is 5.75 Å². The molecule has 0 heterocycles. The fourth-order valence-electron chi connectivity index (χ4n) is 2.41.